The standard InChI is InChI=1S/C56H90N2.Ni/c1-7-13-17-18-19-20-21-22-23-24-25-26-27-28-29-30-31-32-33-34-35-36-40-54-53(39-16-10-4)55(51-43-47(11-5)41-48(12-6)44-51)58(57)56(54)52-45-49(37-14-8-2)42-50(46-52)38-15-9-3;/h36,40-46H,7-35,37-39H2,1-6H3;. The summed E-state index contributed by atoms with van der Waals surface area (Å²) in [5.41, 5.74) is 24.8. The fraction of sp³-hybridized carbons (Fsp3) is 0.679. The van der Waals surface area contributed by atoms with Gasteiger partial charge in [-0.2, -0.15) is 0 Å². The molecule has 1 aliphatic rings. The van der Waals surface area contributed by atoms with E-state index in [9.17, 15) is 5.53 Å². The van der Waals surface area contributed by atoms with Gasteiger partial charge >= 0.3 is 0 Å². The van der Waals surface area contributed by atoms with Gasteiger partial charge in [0.2, 0.25) is 11.4 Å². The Bertz CT molecular complexity index is 1480. The van der Waals surface area contributed by atoms with Crippen LogP contribution in [0, 0.1) is 0 Å². The maximum atomic E-state index is 12.4. The predicted molar refractivity (Wildman–Crippen MR) is 258 cm³/mol. The van der Waals surface area contributed by atoms with Crippen molar-refractivity contribution in [3.05, 3.63) is 98.6 Å². The summed E-state index contributed by atoms with van der Waals surface area (Å²) >= 11 is 0. The zero-order chi connectivity index (χ0) is 41.6. The largest absolute Gasteiger partial charge is 0.493 e. The minimum atomic E-state index is 0. The Balaban J connectivity index is 0.0000120. The molecule has 1 heterocycles. The van der Waals surface area contributed by atoms with Gasteiger partial charge in [0.25, 0.3) is 0 Å². The summed E-state index contributed by atoms with van der Waals surface area (Å²) in [6, 6.07) is 14.2. The molecule has 3 rings (SSSR count). The van der Waals surface area contributed by atoms with E-state index in [-0.39, 0.29) is 16.5 Å². The van der Waals surface area contributed by atoms with E-state index in [1.807, 2.05) is 0 Å². The van der Waals surface area contributed by atoms with Gasteiger partial charge in [0.05, 0.1) is 5.57 Å². The second-order valence-electron chi connectivity index (χ2n) is 17.9. The molecule has 59 heavy (non-hydrogen) atoms. The van der Waals surface area contributed by atoms with Gasteiger partial charge in [-0.25, -0.2) is 4.70 Å². The average molecular weight is 850 g/mol. The third-order valence-electron chi connectivity index (χ3n) is 12.7. The summed E-state index contributed by atoms with van der Waals surface area (Å²) in [6.07, 6.45) is 46.4. The monoisotopic (exact) mass is 849 g/mol. The van der Waals surface area contributed by atoms with Crippen LogP contribution in [0.25, 0.3) is 16.9 Å². The fourth-order valence-electron chi connectivity index (χ4n) is 8.96. The van der Waals surface area contributed by atoms with Gasteiger partial charge < -0.3 is 5.53 Å². The van der Waals surface area contributed by atoms with Crippen molar-refractivity contribution in [3.8, 4) is 0 Å². The van der Waals surface area contributed by atoms with Gasteiger partial charge in [-0.05, 0) is 111 Å². The Kier molecular flexibility index (Phi) is 29.9. The van der Waals surface area contributed by atoms with Crippen LogP contribution in [0.5, 0.6) is 0 Å². The van der Waals surface area contributed by atoms with E-state index in [1.54, 1.807) is 4.70 Å². The SMILES string of the molecule is CCCCCCCCCCCCCCCCCCCCCCC=CC1=C(c2cc(CCCC)cc(CCCC)c2)[N+](=[N-])C(c2cc(CC)cc(CC)c2)=C1CCCC.[Ni]. The van der Waals surface area contributed by atoms with Crippen LogP contribution in [0.1, 0.15) is 255 Å². The molecule has 2 nitrogen and oxygen atoms in total. The van der Waals surface area contributed by atoms with Gasteiger partial charge in [-0.15, -0.1) is 0 Å². The smallest absolute Gasteiger partial charge is 0.215 e. The molecule has 0 aliphatic carbocycles. The predicted octanol–water partition coefficient (Wildman–Crippen LogP) is 18.6. The third kappa shape index (κ3) is 20.0. The molecule has 0 aromatic heterocycles. The Morgan fingerprint density at radius 1 is 0.407 bits per heavy atom. The van der Waals surface area contributed by atoms with E-state index in [0.717, 1.165) is 68.3 Å². The van der Waals surface area contributed by atoms with Crippen LogP contribution in [-0.4, -0.2) is 4.70 Å². The molecule has 0 radical (unpaired) electrons. The first-order chi connectivity index (χ1) is 28.5. The van der Waals surface area contributed by atoms with Gasteiger partial charge in [-0.1, -0.05) is 207 Å². The van der Waals surface area contributed by atoms with Gasteiger partial charge in [0, 0.05) is 33.2 Å². The molecule has 0 atom stereocenters. The van der Waals surface area contributed by atoms with Crippen molar-refractivity contribution in [1.29, 1.82) is 0 Å². The Morgan fingerprint density at radius 3 is 1.19 bits per heavy atom. The average Bonchev–Trinajstić information content (AvgIpc) is 3.52. The number of rotatable bonds is 35. The molecule has 334 valence electrons. The van der Waals surface area contributed by atoms with Crippen LogP contribution >= 0.6 is 0 Å². The van der Waals surface area contributed by atoms with Crippen molar-refractivity contribution in [2.45, 2.75) is 247 Å². The van der Waals surface area contributed by atoms with Crippen LogP contribution in [0.3, 0.4) is 0 Å². The zero-order valence-corrected chi connectivity index (χ0v) is 40.4. The second kappa shape index (κ2) is 33.4. The first-order valence-corrected chi connectivity index (χ1v) is 25.4. The number of nitrogens with zero attached hydrogens (tertiary/aromatic N) is 2. The number of unbranched alkanes of at least 4 members (excludes halogenated alkanes) is 23. The summed E-state index contributed by atoms with van der Waals surface area (Å²) in [6.45, 7) is 13.7. The van der Waals surface area contributed by atoms with Gasteiger partial charge in [0.15, 0.2) is 0 Å². The van der Waals surface area contributed by atoms with E-state index >= 15 is 0 Å². The van der Waals surface area contributed by atoms with Gasteiger partial charge in [0.1, 0.15) is 0 Å². The van der Waals surface area contributed by atoms with E-state index in [2.05, 4.69) is 90.1 Å². The van der Waals surface area contributed by atoms with Crippen molar-refractivity contribution in [1.82, 2.24) is 0 Å². The molecule has 0 fully saturated rings. The van der Waals surface area contributed by atoms with Crippen molar-refractivity contribution in [2.75, 3.05) is 0 Å². The normalized spacial score (nSPS) is 13.1. The minimum Gasteiger partial charge on any atom is -0.493 e. The van der Waals surface area contributed by atoms with E-state index < -0.39 is 0 Å². The van der Waals surface area contributed by atoms with E-state index in [4.69, 9.17) is 0 Å². The molecule has 0 saturated heterocycles. The molecule has 0 spiro atoms. The molecule has 2 aromatic carbocycles. The molecule has 2 aromatic rings. The number of allylic oxidation sites excluding steroid dienone is 4. The van der Waals surface area contributed by atoms with Crippen LogP contribution in [0.2, 0.25) is 0 Å². The van der Waals surface area contributed by atoms with Crippen LogP contribution in [0.4, 0.5) is 0 Å². The van der Waals surface area contributed by atoms with E-state index in [1.165, 1.54) is 193 Å². The van der Waals surface area contributed by atoms with E-state index in [0.29, 0.717) is 0 Å². The third-order valence-corrected chi connectivity index (χ3v) is 12.7. The first kappa shape index (κ1) is 52.9. The topological polar surface area (TPSA) is 25.3 Å². The number of benzene rings is 2. The Morgan fingerprint density at radius 2 is 0.763 bits per heavy atom. The summed E-state index contributed by atoms with van der Waals surface area (Å²) in [4.78, 5) is 0. The van der Waals surface area contributed by atoms with Crippen LogP contribution < -0.4 is 0 Å². The summed E-state index contributed by atoms with van der Waals surface area (Å²) in [5, 5.41) is 0. The van der Waals surface area contributed by atoms with Crippen LogP contribution in [0.15, 0.2) is 59.7 Å². The van der Waals surface area contributed by atoms with Crippen molar-refractivity contribution in [2.24, 2.45) is 0 Å². The molecule has 0 bridgehead atoms. The molecule has 0 amide bonds. The number of aryl methyl sites for hydroxylation is 4. The number of hydrogen-bond acceptors (Lipinski definition) is 0. The Hall–Kier alpha value is -2.25. The molecule has 1 aliphatic heterocycles. The first-order valence-electron chi connectivity index (χ1n) is 25.4. The summed E-state index contributed by atoms with van der Waals surface area (Å²) in [7, 11) is 0. The van der Waals surface area contributed by atoms with Crippen LogP contribution in [-0.2, 0) is 42.2 Å². The maximum Gasteiger partial charge on any atom is 0.215 e. The van der Waals surface area contributed by atoms with Crippen molar-refractivity contribution >= 4 is 11.4 Å². The fourth-order valence-corrected chi connectivity index (χ4v) is 8.96. The van der Waals surface area contributed by atoms with Gasteiger partial charge in [-0.3, -0.25) is 0 Å². The number of hydrogen-bond donors (Lipinski definition) is 0. The quantitative estimate of drug-likeness (QED) is 0.0375. The Labute approximate surface area is 376 Å². The van der Waals surface area contributed by atoms with Crippen molar-refractivity contribution < 1.29 is 21.2 Å². The summed E-state index contributed by atoms with van der Waals surface area (Å²) < 4.78 is 1.60. The summed E-state index contributed by atoms with van der Waals surface area (Å²) in [5.74, 6) is 0. The molecule has 0 saturated carbocycles. The second-order valence-corrected chi connectivity index (χ2v) is 17.9. The zero-order valence-electron chi connectivity index (χ0n) is 39.5. The minimum absolute atomic E-state index is 0. The molecule has 0 unspecified atom stereocenters. The maximum absolute atomic E-state index is 12.4. The molecule has 0 N–H and O–H groups in total. The molecular weight excluding hydrogens is 759 g/mol. The van der Waals surface area contributed by atoms with Crippen molar-refractivity contribution in [3.63, 3.8) is 0 Å². The molecular formula is C56H90N2Ni. The molecule has 3 heteroatoms.